The molecule has 0 atom stereocenters. The second kappa shape index (κ2) is 2.85. The Balaban J connectivity index is 3.14. The average molecular weight is 145 g/mol. The van der Waals surface area contributed by atoms with E-state index in [0.29, 0.717) is 0 Å². The SMILES string of the molecule is [2H]C([2H])(O)c1ccccc1Cl. The molecule has 0 unspecified atom stereocenters. The standard InChI is InChI=1S/C7H7ClO/c8-7-4-2-1-3-6(7)5-9/h1-4,9H,5H2/i5D2. The van der Waals surface area contributed by atoms with E-state index in [1.165, 1.54) is 12.1 Å². The van der Waals surface area contributed by atoms with Crippen molar-refractivity contribution < 1.29 is 7.85 Å². The van der Waals surface area contributed by atoms with Crippen LogP contribution in [-0.2, 0) is 6.56 Å². The maximum absolute atomic E-state index is 8.92. The minimum Gasteiger partial charge on any atom is -0.392 e. The summed E-state index contributed by atoms with van der Waals surface area (Å²) in [7, 11) is 0. The van der Waals surface area contributed by atoms with Gasteiger partial charge in [0.25, 0.3) is 0 Å². The number of aliphatic hydroxyl groups is 1. The fraction of sp³-hybridized carbons (Fsp3) is 0.143. The van der Waals surface area contributed by atoms with E-state index in [1.807, 2.05) is 0 Å². The lowest BCUT2D eigenvalue weighted by Gasteiger charge is -1.95. The van der Waals surface area contributed by atoms with Gasteiger partial charge in [-0.1, -0.05) is 29.8 Å². The highest BCUT2D eigenvalue weighted by molar-refractivity contribution is 6.31. The molecule has 2 heteroatoms. The Morgan fingerprint density at radius 2 is 2.22 bits per heavy atom. The van der Waals surface area contributed by atoms with Crippen LogP contribution in [-0.4, -0.2) is 5.11 Å². The van der Waals surface area contributed by atoms with Gasteiger partial charge in [-0.3, -0.25) is 0 Å². The summed E-state index contributed by atoms with van der Waals surface area (Å²) in [5.74, 6) is 0. The molecule has 0 amide bonds. The zero-order chi connectivity index (χ0) is 8.48. The molecule has 0 aliphatic heterocycles. The van der Waals surface area contributed by atoms with E-state index in [0.717, 1.165) is 0 Å². The molecular formula is C7H7ClO. The van der Waals surface area contributed by atoms with Gasteiger partial charge >= 0.3 is 0 Å². The van der Waals surface area contributed by atoms with Gasteiger partial charge in [0.2, 0.25) is 0 Å². The molecule has 0 radical (unpaired) electrons. The summed E-state index contributed by atoms with van der Waals surface area (Å²) in [5, 5.41) is 9.15. The molecule has 0 saturated heterocycles. The molecular weight excluding hydrogens is 136 g/mol. The summed E-state index contributed by atoms with van der Waals surface area (Å²) in [4.78, 5) is 0. The zero-order valence-electron chi connectivity index (χ0n) is 6.63. The lowest BCUT2D eigenvalue weighted by Crippen LogP contribution is -1.81. The summed E-state index contributed by atoms with van der Waals surface area (Å²) < 4.78 is 13.9. The third-order valence-corrected chi connectivity index (χ3v) is 1.32. The molecule has 1 N–H and O–H groups in total. The summed E-state index contributed by atoms with van der Waals surface area (Å²) in [6.45, 7) is -2.35. The lowest BCUT2D eigenvalue weighted by molar-refractivity contribution is 0.282. The van der Waals surface area contributed by atoms with E-state index in [2.05, 4.69) is 0 Å². The fourth-order valence-corrected chi connectivity index (χ4v) is 0.730. The van der Waals surface area contributed by atoms with E-state index in [9.17, 15) is 0 Å². The first-order chi connectivity index (χ1) is 5.02. The molecule has 1 aromatic carbocycles. The third kappa shape index (κ3) is 1.44. The maximum Gasteiger partial charge on any atom is 0.0696 e. The summed E-state index contributed by atoms with van der Waals surface area (Å²) in [6, 6.07) is 6.28. The molecule has 0 heterocycles. The van der Waals surface area contributed by atoms with Gasteiger partial charge in [0, 0.05) is 5.02 Å². The Kier molecular flexibility index (Phi) is 1.37. The Morgan fingerprint density at radius 1 is 1.56 bits per heavy atom. The van der Waals surface area contributed by atoms with Crippen molar-refractivity contribution in [3.8, 4) is 0 Å². The van der Waals surface area contributed by atoms with Crippen LogP contribution in [0.5, 0.6) is 0 Å². The van der Waals surface area contributed by atoms with E-state index in [4.69, 9.17) is 19.4 Å². The van der Waals surface area contributed by atoms with Crippen molar-refractivity contribution in [3.63, 3.8) is 0 Å². The quantitative estimate of drug-likeness (QED) is 0.638. The van der Waals surface area contributed by atoms with Crippen molar-refractivity contribution in [3.05, 3.63) is 34.9 Å². The van der Waals surface area contributed by atoms with Crippen LogP contribution in [0.3, 0.4) is 0 Å². The van der Waals surface area contributed by atoms with Gasteiger partial charge in [-0.15, -0.1) is 0 Å². The number of rotatable bonds is 1. The summed E-state index contributed by atoms with van der Waals surface area (Å²) in [6.07, 6.45) is 0. The minimum absolute atomic E-state index is 0.0988. The van der Waals surface area contributed by atoms with Crippen molar-refractivity contribution in [2.45, 2.75) is 6.56 Å². The largest absolute Gasteiger partial charge is 0.392 e. The first-order valence-electron chi connectivity index (χ1n) is 3.49. The van der Waals surface area contributed by atoms with Gasteiger partial charge in [-0.05, 0) is 11.6 Å². The molecule has 0 saturated carbocycles. The number of benzene rings is 1. The van der Waals surface area contributed by atoms with Crippen LogP contribution < -0.4 is 0 Å². The average Bonchev–Trinajstić information content (AvgIpc) is 1.86. The van der Waals surface area contributed by atoms with E-state index < -0.39 is 6.56 Å². The molecule has 48 valence electrons. The summed E-state index contributed by atoms with van der Waals surface area (Å²) in [5.41, 5.74) is 0.0988. The van der Waals surface area contributed by atoms with E-state index in [1.54, 1.807) is 12.1 Å². The van der Waals surface area contributed by atoms with E-state index >= 15 is 0 Å². The first-order valence-corrected chi connectivity index (χ1v) is 2.87. The Morgan fingerprint density at radius 3 is 2.67 bits per heavy atom. The van der Waals surface area contributed by atoms with Crippen LogP contribution in [0.2, 0.25) is 5.02 Å². The molecule has 0 aromatic heterocycles. The van der Waals surface area contributed by atoms with Crippen molar-refractivity contribution >= 4 is 11.6 Å². The van der Waals surface area contributed by atoms with Crippen LogP contribution in [0, 0.1) is 0 Å². The second-order valence-electron chi connectivity index (χ2n) is 1.59. The molecule has 0 bridgehead atoms. The molecule has 0 aliphatic carbocycles. The van der Waals surface area contributed by atoms with Crippen LogP contribution in [0.4, 0.5) is 0 Å². The van der Waals surface area contributed by atoms with E-state index in [-0.39, 0.29) is 10.6 Å². The minimum atomic E-state index is -2.35. The van der Waals surface area contributed by atoms with Crippen LogP contribution in [0.15, 0.2) is 24.3 Å². The summed E-state index contributed by atoms with van der Waals surface area (Å²) >= 11 is 5.61. The molecule has 0 aliphatic rings. The van der Waals surface area contributed by atoms with Crippen molar-refractivity contribution in [2.75, 3.05) is 0 Å². The zero-order valence-corrected chi connectivity index (χ0v) is 5.39. The van der Waals surface area contributed by atoms with Gasteiger partial charge in [0.1, 0.15) is 0 Å². The van der Waals surface area contributed by atoms with Crippen LogP contribution in [0.25, 0.3) is 0 Å². The molecule has 1 aromatic rings. The van der Waals surface area contributed by atoms with Gasteiger partial charge < -0.3 is 5.11 Å². The topological polar surface area (TPSA) is 20.2 Å². The Labute approximate surface area is 61.7 Å². The van der Waals surface area contributed by atoms with Gasteiger partial charge in [0.15, 0.2) is 0 Å². The molecule has 9 heavy (non-hydrogen) atoms. The number of hydrogen-bond acceptors (Lipinski definition) is 1. The number of hydrogen-bond donors (Lipinski definition) is 1. The smallest absolute Gasteiger partial charge is 0.0696 e. The van der Waals surface area contributed by atoms with Crippen LogP contribution >= 0.6 is 11.6 Å². The van der Waals surface area contributed by atoms with Gasteiger partial charge in [-0.2, -0.15) is 0 Å². The maximum atomic E-state index is 8.92. The molecule has 1 nitrogen and oxygen atoms in total. The second-order valence-corrected chi connectivity index (χ2v) is 2.00. The Bertz CT molecular complexity index is 257. The lowest BCUT2D eigenvalue weighted by atomic mass is 10.2. The van der Waals surface area contributed by atoms with Crippen LogP contribution in [0.1, 0.15) is 8.30 Å². The van der Waals surface area contributed by atoms with Crippen molar-refractivity contribution in [1.82, 2.24) is 0 Å². The highest BCUT2D eigenvalue weighted by Gasteiger charge is 1.92. The predicted molar refractivity (Wildman–Crippen MR) is 37.4 cm³/mol. The first kappa shape index (κ1) is 4.31. The molecule has 0 spiro atoms. The Hall–Kier alpha value is -0.530. The monoisotopic (exact) mass is 144 g/mol. The molecule has 1 rings (SSSR count). The normalized spacial score (nSPS) is 14.4. The third-order valence-electron chi connectivity index (χ3n) is 0.994. The van der Waals surface area contributed by atoms with Crippen molar-refractivity contribution in [2.24, 2.45) is 0 Å². The molecule has 0 fully saturated rings. The highest BCUT2D eigenvalue weighted by Crippen LogP contribution is 2.13. The highest BCUT2D eigenvalue weighted by atomic mass is 35.5. The van der Waals surface area contributed by atoms with Gasteiger partial charge in [-0.25, -0.2) is 0 Å². The predicted octanol–water partition coefficient (Wildman–Crippen LogP) is 1.83. The van der Waals surface area contributed by atoms with Crippen molar-refractivity contribution in [1.29, 1.82) is 0 Å². The van der Waals surface area contributed by atoms with Gasteiger partial charge in [0.05, 0.1) is 9.30 Å². The number of halogens is 1. The fourth-order valence-electron chi connectivity index (χ4n) is 0.552.